The fourth-order valence-electron chi connectivity index (χ4n) is 4.84. The lowest BCUT2D eigenvalue weighted by atomic mass is 9.77. The topological polar surface area (TPSA) is 59.0 Å². The van der Waals surface area contributed by atoms with Gasteiger partial charge in [0.1, 0.15) is 0 Å². The number of aliphatic hydroxyl groups is 1. The Hall–Kier alpha value is -1.43. The molecule has 142 valence electrons. The van der Waals surface area contributed by atoms with Crippen molar-refractivity contribution in [3.05, 3.63) is 35.9 Å². The molecule has 2 saturated heterocycles. The average molecular weight is 359 g/mol. The third-order valence-electron chi connectivity index (χ3n) is 6.49. The van der Waals surface area contributed by atoms with Gasteiger partial charge in [-0.2, -0.15) is 0 Å². The normalized spacial score (nSPS) is 29.5. The summed E-state index contributed by atoms with van der Waals surface area (Å²) in [4.78, 5) is 15.2. The minimum absolute atomic E-state index is 0.265. The van der Waals surface area contributed by atoms with Gasteiger partial charge in [0.05, 0.1) is 29.8 Å². The molecule has 0 radical (unpaired) electrons. The van der Waals surface area contributed by atoms with Crippen LogP contribution >= 0.6 is 0 Å². The van der Waals surface area contributed by atoms with E-state index >= 15 is 0 Å². The molecule has 1 spiro atoms. The lowest BCUT2D eigenvalue weighted by Crippen LogP contribution is -2.57. The minimum Gasteiger partial charge on any atom is -0.387 e. The van der Waals surface area contributed by atoms with E-state index < -0.39 is 5.60 Å². The van der Waals surface area contributed by atoms with Crippen LogP contribution in [-0.2, 0) is 19.7 Å². The highest BCUT2D eigenvalue weighted by molar-refractivity contribution is 5.91. The molecule has 1 amide bonds. The first-order valence-corrected chi connectivity index (χ1v) is 9.71. The first-order chi connectivity index (χ1) is 12.5. The number of carbonyl (C=O) groups is 1. The highest BCUT2D eigenvalue weighted by Crippen LogP contribution is 2.50. The van der Waals surface area contributed by atoms with Crippen molar-refractivity contribution in [3.63, 3.8) is 0 Å². The monoisotopic (exact) mass is 359 g/mol. The number of ether oxygens (including phenoxy) is 2. The molecule has 1 unspecified atom stereocenters. The number of hydrogen-bond acceptors (Lipinski definition) is 4. The van der Waals surface area contributed by atoms with E-state index in [0.717, 1.165) is 31.2 Å². The zero-order valence-electron chi connectivity index (χ0n) is 15.6. The molecule has 26 heavy (non-hydrogen) atoms. The van der Waals surface area contributed by atoms with Gasteiger partial charge >= 0.3 is 0 Å². The number of hydrogen-bond donors (Lipinski definition) is 1. The van der Waals surface area contributed by atoms with Crippen LogP contribution in [0.5, 0.6) is 0 Å². The second-order valence-electron chi connectivity index (χ2n) is 8.36. The maximum absolute atomic E-state index is 13.2. The van der Waals surface area contributed by atoms with Crippen molar-refractivity contribution in [2.45, 2.75) is 55.1 Å². The molecular formula is C21H29NO4. The molecule has 0 bridgehead atoms. The third kappa shape index (κ3) is 3.17. The largest absolute Gasteiger partial charge is 0.387 e. The zero-order valence-corrected chi connectivity index (χ0v) is 15.6. The molecule has 2 aliphatic heterocycles. The molecule has 1 atom stereocenters. The Balaban J connectivity index is 1.42. The fraction of sp³-hybridized carbons (Fsp3) is 0.667. The summed E-state index contributed by atoms with van der Waals surface area (Å²) in [5.74, 6) is 0.265. The van der Waals surface area contributed by atoms with Crippen LogP contribution in [0.2, 0.25) is 0 Å². The Kier molecular flexibility index (Phi) is 4.58. The zero-order chi connectivity index (χ0) is 18.3. The van der Waals surface area contributed by atoms with E-state index in [0.29, 0.717) is 39.1 Å². The van der Waals surface area contributed by atoms with E-state index in [1.54, 1.807) is 7.11 Å². The van der Waals surface area contributed by atoms with Gasteiger partial charge in [-0.15, -0.1) is 0 Å². The standard InChI is InChI=1S/C21H29NO4/c1-25-16-19(24)11-14-26-20(15-19)9-12-22(13-10-20)18(23)21(7-8-21)17-5-3-2-4-6-17/h2-6,24H,7-16H2,1H3. The Bertz CT molecular complexity index is 645. The van der Waals surface area contributed by atoms with Gasteiger partial charge in [0.15, 0.2) is 0 Å². The first-order valence-electron chi connectivity index (χ1n) is 9.71. The molecular weight excluding hydrogens is 330 g/mol. The number of likely N-dealkylation sites (tertiary alicyclic amines) is 1. The maximum Gasteiger partial charge on any atom is 0.233 e. The second-order valence-corrected chi connectivity index (χ2v) is 8.36. The quantitative estimate of drug-likeness (QED) is 0.896. The highest BCUT2D eigenvalue weighted by atomic mass is 16.5. The molecule has 5 nitrogen and oxygen atoms in total. The Morgan fingerprint density at radius 2 is 1.85 bits per heavy atom. The van der Waals surface area contributed by atoms with Gasteiger partial charge in [-0.1, -0.05) is 30.3 Å². The van der Waals surface area contributed by atoms with Gasteiger partial charge in [-0.05, 0) is 31.2 Å². The van der Waals surface area contributed by atoms with Gasteiger partial charge in [0.2, 0.25) is 5.91 Å². The van der Waals surface area contributed by atoms with Gasteiger partial charge < -0.3 is 19.5 Å². The van der Waals surface area contributed by atoms with Crippen LogP contribution in [0, 0.1) is 0 Å². The Labute approximate surface area is 155 Å². The van der Waals surface area contributed by atoms with Crippen LogP contribution in [0.25, 0.3) is 0 Å². The van der Waals surface area contributed by atoms with Crippen molar-refractivity contribution in [2.24, 2.45) is 0 Å². The van der Waals surface area contributed by atoms with Crippen molar-refractivity contribution in [2.75, 3.05) is 33.4 Å². The predicted octanol–water partition coefficient (Wildman–Crippen LogP) is 2.27. The highest BCUT2D eigenvalue weighted by Gasteiger charge is 2.54. The molecule has 2 heterocycles. The molecule has 1 aromatic rings. The van der Waals surface area contributed by atoms with Crippen molar-refractivity contribution >= 4 is 5.91 Å². The van der Waals surface area contributed by atoms with E-state index in [9.17, 15) is 9.90 Å². The number of piperidine rings is 1. The van der Waals surface area contributed by atoms with Crippen molar-refractivity contribution < 1.29 is 19.4 Å². The summed E-state index contributed by atoms with van der Waals surface area (Å²) in [6.07, 6.45) is 4.68. The number of methoxy groups -OCH3 is 1. The maximum atomic E-state index is 13.2. The van der Waals surface area contributed by atoms with Crippen molar-refractivity contribution in [1.29, 1.82) is 0 Å². The number of amides is 1. The van der Waals surface area contributed by atoms with Gasteiger partial charge in [0.25, 0.3) is 0 Å². The lowest BCUT2D eigenvalue weighted by Gasteiger charge is -2.49. The van der Waals surface area contributed by atoms with Crippen LogP contribution in [0.4, 0.5) is 0 Å². The third-order valence-corrected chi connectivity index (χ3v) is 6.49. The van der Waals surface area contributed by atoms with Crippen molar-refractivity contribution in [1.82, 2.24) is 4.90 Å². The van der Waals surface area contributed by atoms with Crippen molar-refractivity contribution in [3.8, 4) is 0 Å². The van der Waals surface area contributed by atoms with Gasteiger partial charge in [-0.3, -0.25) is 4.79 Å². The SMILES string of the molecule is COCC1(O)CCOC2(CCN(C(=O)C3(c4ccccc4)CC3)CC2)C1. The summed E-state index contributed by atoms with van der Waals surface area (Å²) >= 11 is 0. The van der Waals surface area contributed by atoms with E-state index in [1.807, 2.05) is 23.1 Å². The van der Waals surface area contributed by atoms with E-state index in [1.165, 1.54) is 0 Å². The van der Waals surface area contributed by atoms with Crippen LogP contribution in [0.15, 0.2) is 30.3 Å². The molecule has 3 fully saturated rings. The molecule has 0 aromatic heterocycles. The van der Waals surface area contributed by atoms with Crippen LogP contribution < -0.4 is 0 Å². The molecule has 4 rings (SSSR count). The summed E-state index contributed by atoms with van der Waals surface area (Å²) in [5.41, 5.74) is -0.267. The summed E-state index contributed by atoms with van der Waals surface area (Å²) in [6.45, 7) is 2.31. The van der Waals surface area contributed by atoms with E-state index in [2.05, 4.69) is 12.1 Å². The van der Waals surface area contributed by atoms with E-state index in [4.69, 9.17) is 9.47 Å². The molecule has 1 saturated carbocycles. The summed E-state index contributed by atoms with van der Waals surface area (Å²) in [6, 6.07) is 10.2. The lowest BCUT2D eigenvalue weighted by molar-refractivity contribution is -0.192. The minimum atomic E-state index is -0.805. The van der Waals surface area contributed by atoms with Crippen LogP contribution in [-0.4, -0.2) is 60.5 Å². The Morgan fingerprint density at radius 1 is 1.15 bits per heavy atom. The number of nitrogens with zero attached hydrogens (tertiary/aromatic N) is 1. The van der Waals surface area contributed by atoms with Gasteiger partial charge in [-0.25, -0.2) is 0 Å². The van der Waals surface area contributed by atoms with Crippen LogP contribution in [0.3, 0.4) is 0 Å². The molecule has 3 aliphatic rings. The average Bonchev–Trinajstić information content (AvgIpc) is 3.44. The molecule has 5 heteroatoms. The smallest absolute Gasteiger partial charge is 0.233 e. The number of carbonyl (C=O) groups excluding carboxylic acids is 1. The number of rotatable bonds is 4. The second kappa shape index (κ2) is 6.63. The van der Waals surface area contributed by atoms with Gasteiger partial charge in [0, 0.05) is 33.0 Å². The predicted molar refractivity (Wildman–Crippen MR) is 97.9 cm³/mol. The molecule has 1 aliphatic carbocycles. The summed E-state index contributed by atoms with van der Waals surface area (Å²) in [7, 11) is 1.63. The molecule has 1 N–H and O–H groups in total. The van der Waals surface area contributed by atoms with Crippen LogP contribution in [0.1, 0.15) is 44.1 Å². The fourth-order valence-corrected chi connectivity index (χ4v) is 4.84. The summed E-state index contributed by atoms with van der Waals surface area (Å²) < 4.78 is 11.3. The Morgan fingerprint density at radius 3 is 2.46 bits per heavy atom. The number of benzene rings is 1. The summed E-state index contributed by atoms with van der Waals surface area (Å²) in [5, 5.41) is 10.8. The van der Waals surface area contributed by atoms with E-state index in [-0.39, 0.29) is 16.9 Å². The first kappa shape index (κ1) is 18.0. The molecule has 1 aromatic carbocycles.